The predicted molar refractivity (Wildman–Crippen MR) is 138 cm³/mol. The molecule has 0 bridgehead atoms. The van der Waals surface area contributed by atoms with Crippen LogP contribution in [0, 0.1) is 11.8 Å². The topological polar surface area (TPSA) is 143 Å². The molecule has 3 fully saturated rings. The van der Waals surface area contributed by atoms with E-state index in [4.69, 9.17) is 13.7 Å². The maximum absolute atomic E-state index is 13.0. The van der Waals surface area contributed by atoms with Crippen molar-refractivity contribution in [1.29, 1.82) is 0 Å². The number of rotatable bonds is 10. The van der Waals surface area contributed by atoms with Crippen molar-refractivity contribution in [1.82, 2.24) is 14.1 Å². The van der Waals surface area contributed by atoms with Crippen LogP contribution in [0.4, 0.5) is 4.79 Å². The van der Waals surface area contributed by atoms with Crippen LogP contribution in [-0.4, -0.2) is 108 Å². The molecule has 14 heteroatoms. The quantitative estimate of drug-likeness (QED) is 0.228. The standard InChI is InChI=1S/C24H33N3O9S2/c1-5-8-34-23(30)20-21(14(3)19-18(15(4)28)22(29)27(19)20)37-17-11-16(12-25-7-10-36-38(25,32)33)26(13-17)24(31)35-9-6-2/h5-6,14-19,28H,1-2,7-13H2,3-4H3/t14-,15-,16+,17+,18-,19-/m1/s1. The fourth-order valence-electron chi connectivity index (χ4n) is 5.47. The molecular weight excluding hydrogens is 538 g/mol. The Morgan fingerprint density at radius 1 is 1.26 bits per heavy atom. The van der Waals surface area contributed by atoms with Crippen molar-refractivity contribution >= 4 is 40.0 Å². The highest BCUT2D eigenvalue weighted by Gasteiger charge is 2.60. The number of ether oxygens (including phenoxy) is 2. The molecule has 0 radical (unpaired) electrons. The Bertz CT molecular complexity index is 1140. The summed E-state index contributed by atoms with van der Waals surface area (Å²) in [4.78, 5) is 42.3. The average molecular weight is 572 g/mol. The second-order valence-electron chi connectivity index (χ2n) is 9.64. The number of nitrogens with zero attached hydrogens (tertiary/aromatic N) is 3. The monoisotopic (exact) mass is 571 g/mol. The zero-order valence-corrected chi connectivity index (χ0v) is 23.0. The molecule has 0 aromatic carbocycles. The Kier molecular flexibility index (Phi) is 8.57. The summed E-state index contributed by atoms with van der Waals surface area (Å²) in [5.41, 5.74) is 0.149. The second-order valence-corrected chi connectivity index (χ2v) is 12.6. The maximum atomic E-state index is 13.0. The number of β-lactam (4-membered cyclic amide) rings is 1. The summed E-state index contributed by atoms with van der Waals surface area (Å²) in [5, 5.41) is 9.97. The van der Waals surface area contributed by atoms with Gasteiger partial charge in [0.2, 0.25) is 5.91 Å². The second kappa shape index (κ2) is 11.4. The van der Waals surface area contributed by atoms with E-state index >= 15 is 0 Å². The lowest BCUT2D eigenvalue weighted by Gasteiger charge is -2.46. The smallest absolute Gasteiger partial charge is 0.410 e. The molecule has 0 aromatic rings. The Labute approximate surface area is 226 Å². The summed E-state index contributed by atoms with van der Waals surface area (Å²) in [6, 6.07) is -0.868. The van der Waals surface area contributed by atoms with E-state index in [0.717, 1.165) is 0 Å². The van der Waals surface area contributed by atoms with Crippen LogP contribution in [-0.2, 0) is 33.6 Å². The summed E-state index contributed by atoms with van der Waals surface area (Å²) in [6.45, 7) is 11.1. The van der Waals surface area contributed by atoms with E-state index in [1.165, 1.54) is 38.0 Å². The number of thioether (sulfide) groups is 1. The summed E-state index contributed by atoms with van der Waals surface area (Å²) in [5.74, 6) is -1.88. The molecule has 4 aliphatic rings. The molecule has 0 spiro atoms. The lowest BCUT2D eigenvalue weighted by Crippen LogP contribution is -2.63. The number of esters is 1. The summed E-state index contributed by atoms with van der Waals surface area (Å²) < 4.78 is 41.0. The normalized spacial score (nSPS) is 31.1. The molecule has 2 amide bonds. The number of aliphatic hydroxyl groups is 1. The third-order valence-corrected chi connectivity index (χ3v) is 10.1. The number of amides is 2. The molecule has 4 rings (SSSR count). The van der Waals surface area contributed by atoms with Crippen LogP contribution in [0.2, 0.25) is 0 Å². The van der Waals surface area contributed by atoms with E-state index in [-0.39, 0.29) is 68.3 Å². The summed E-state index contributed by atoms with van der Waals surface area (Å²) in [6.07, 6.45) is 1.82. The van der Waals surface area contributed by atoms with Crippen LogP contribution >= 0.6 is 11.8 Å². The van der Waals surface area contributed by atoms with E-state index in [0.29, 0.717) is 11.3 Å². The molecule has 0 saturated carbocycles. The lowest BCUT2D eigenvalue weighted by molar-refractivity contribution is -0.164. The van der Waals surface area contributed by atoms with E-state index in [9.17, 15) is 27.9 Å². The van der Waals surface area contributed by atoms with Crippen LogP contribution in [0.15, 0.2) is 35.9 Å². The van der Waals surface area contributed by atoms with E-state index in [1.54, 1.807) is 6.92 Å². The highest BCUT2D eigenvalue weighted by molar-refractivity contribution is 8.03. The van der Waals surface area contributed by atoms with E-state index < -0.39 is 40.4 Å². The minimum Gasteiger partial charge on any atom is -0.457 e. The molecule has 0 aliphatic carbocycles. The fourth-order valence-corrected chi connectivity index (χ4v) is 8.12. The third kappa shape index (κ3) is 5.24. The molecular formula is C24H33N3O9S2. The first-order valence-electron chi connectivity index (χ1n) is 12.4. The van der Waals surface area contributed by atoms with Crippen LogP contribution in [0.25, 0.3) is 0 Å². The Hall–Kier alpha value is -2.39. The van der Waals surface area contributed by atoms with Gasteiger partial charge in [-0.2, -0.15) is 12.7 Å². The van der Waals surface area contributed by atoms with Crippen LogP contribution in [0.1, 0.15) is 20.3 Å². The first-order chi connectivity index (χ1) is 18.0. The molecule has 0 unspecified atom stereocenters. The van der Waals surface area contributed by atoms with Crippen molar-refractivity contribution in [3.63, 3.8) is 0 Å². The van der Waals surface area contributed by atoms with Gasteiger partial charge in [0.25, 0.3) is 0 Å². The molecule has 4 aliphatic heterocycles. The largest absolute Gasteiger partial charge is 0.457 e. The van der Waals surface area contributed by atoms with Crippen LogP contribution in [0.3, 0.4) is 0 Å². The van der Waals surface area contributed by atoms with Crippen molar-refractivity contribution in [2.45, 2.75) is 43.7 Å². The summed E-state index contributed by atoms with van der Waals surface area (Å²) >= 11 is 1.37. The number of carbonyl (C=O) groups is 3. The Morgan fingerprint density at radius 3 is 2.55 bits per heavy atom. The van der Waals surface area contributed by atoms with Gasteiger partial charge in [-0.25, -0.2) is 9.59 Å². The van der Waals surface area contributed by atoms with Gasteiger partial charge in [0.15, 0.2) is 0 Å². The Balaban J connectivity index is 1.59. The number of fused-ring (bicyclic) bond motifs is 1. The molecule has 6 atom stereocenters. The number of carbonyl (C=O) groups excluding carboxylic acids is 3. The van der Waals surface area contributed by atoms with Crippen molar-refractivity contribution in [3.8, 4) is 0 Å². The van der Waals surface area contributed by atoms with Gasteiger partial charge in [-0.15, -0.1) is 11.8 Å². The lowest BCUT2D eigenvalue weighted by atomic mass is 9.79. The minimum absolute atomic E-state index is 0.00590. The van der Waals surface area contributed by atoms with Gasteiger partial charge in [-0.05, 0) is 13.3 Å². The van der Waals surface area contributed by atoms with Gasteiger partial charge in [-0.3, -0.25) is 8.98 Å². The predicted octanol–water partition coefficient (Wildman–Crippen LogP) is 0.860. The molecule has 1 N–H and O–H groups in total. The first kappa shape index (κ1) is 28.6. The SMILES string of the molecule is C=CCOC(=O)C1=C(S[C@H]2C[C@@H](CN3CCOS3(=O)=O)N(C(=O)OCC=C)C2)[C@H](C)[C@@H]2[C@@H]([C@@H](C)O)C(=O)N12. The zero-order chi connectivity index (χ0) is 27.8. The summed E-state index contributed by atoms with van der Waals surface area (Å²) in [7, 11) is -3.86. The van der Waals surface area contributed by atoms with E-state index in [1.807, 2.05) is 6.92 Å². The first-order valence-corrected chi connectivity index (χ1v) is 14.6. The fraction of sp³-hybridized carbons (Fsp3) is 0.625. The van der Waals surface area contributed by atoms with Crippen molar-refractivity contribution in [3.05, 3.63) is 35.9 Å². The zero-order valence-electron chi connectivity index (χ0n) is 21.4. The Morgan fingerprint density at radius 2 is 1.95 bits per heavy atom. The number of aliphatic hydroxyl groups excluding tert-OH is 1. The highest BCUT2D eigenvalue weighted by atomic mass is 32.2. The van der Waals surface area contributed by atoms with Gasteiger partial charge < -0.3 is 24.4 Å². The van der Waals surface area contributed by atoms with Crippen LogP contribution < -0.4 is 0 Å². The minimum atomic E-state index is -3.86. The van der Waals surface area contributed by atoms with Gasteiger partial charge >= 0.3 is 22.4 Å². The van der Waals surface area contributed by atoms with Gasteiger partial charge in [0.05, 0.1) is 30.7 Å². The number of hydrogen-bond acceptors (Lipinski definition) is 10. The van der Waals surface area contributed by atoms with Gasteiger partial charge in [0.1, 0.15) is 18.9 Å². The number of likely N-dealkylation sites (tertiary alicyclic amines) is 1. The number of hydrogen-bond donors (Lipinski definition) is 1. The van der Waals surface area contributed by atoms with Crippen molar-refractivity contribution in [2.24, 2.45) is 11.8 Å². The maximum Gasteiger partial charge on any atom is 0.410 e. The molecule has 0 aromatic heterocycles. The average Bonchev–Trinajstić information content (AvgIpc) is 3.49. The van der Waals surface area contributed by atoms with Crippen LogP contribution in [0.5, 0.6) is 0 Å². The van der Waals surface area contributed by atoms with Crippen molar-refractivity contribution < 1.29 is 41.6 Å². The molecule has 4 heterocycles. The third-order valence-electron chi connectivity index (χ3n) is 7.17. The molecule has 3 saturated heterocycles. The van der Waals surface area contributed by atoms with Gasteiger partial charge in [-0.1, -0.05) is 32.2 Å². The molecule has 38 heavy (non-hydrogen) atoms. The molecule has 12 nitrogen and oxygen atoms in total. The van der Waals surface area contributed by atoms with Crippen molar-refractivity contribution in [2.75, 3.05) is 39.5 Å². The molecule has 210 valence electrons. The van der Waals surface area contributed by atoms with Gasteiger partial charge in [0, 0.05) is 35.7 Å². The highest BCUT2D eigenvalue weighted by Crippen LogP contribution is 2.52. The van der Waals surface area contributed by atoms with E-state index in [2.05, 4.69) is 13.2 Å².